The van der Waals surface area contributed by atoms with Gasteiger partial charge in [-0.2, -0.15) is 0 Å². The Morgan fingerprint density at radius 2 is 2.21 bits per heavy atom. The van der Waals surface area contributed by atoms with Crippen LogP contribution in [0.1, 0.15) is 19.6 Å². The standard InChI is InChI=1S/C10H13Br2NO/c1-7(2)3-4-13-6-8-5-9(11)10(12)14-8/h3,5,13H,4,6H2,1-2H3. The number of hydrogen-bond donors (Lipinski definition) is 1. The summed E-state index contributed by atoms with van der Waals surface area (Å²) in [6.07, 6.45) is 2.15. The van der Waals surface area contributed by atoms with Crippen LogP contribution >= 0.6 is 31.9 Å². The molecule has 1 heterocycles. The van der Waals surface area contributed by atoms with Crippen molar-refractivity contribution in [1.29, 1.82) is 0 Å². The van der Waals surface area contributed by atoms with Crippen molar-refractivity contribution < 1.29 is 4.42 Å². The molecule has 0 unspecified atom stereocenters. The minimum atomic E-state index is 0.744. The molecule has 14 heavy (non-hydrogen) atoms. The van der Waals surface area contributed by atoms with Crippen LogP contribution in [0.4, 0.5) is 0 Å². The molecule has 0 bridgehead atoms. The number of rotatable bonds is 4. The normalized spacial score (nSPS) is 10.3. The number of hydrogen-bond acceptors (Lipinski definition) is 2. The highest BCUT2D eigenvalue weighted by Gasteiger charge is 2.04. The average molecular weight is 323 g/mol. The maximum Gasteiger partial charge on any atom is 0.183 e. The van der Waals surface area contributed by atoms with E-state index in [0.717, 1.165) is 28.0 Å². The first-order valence-corrected chi connectivity index (χ1v) is 5.96. The summed E-state index contributed by atoms with van der Waals surface area (Å²) in [6, 6.07) is 1.96. The predicted molar refractivity (Wildman–Crippen MR) is 65.2 cm³/mol. The molecule has 0 atom stereocenters. The molecule has 1 aromatic rings. The van der Waals surface area contributed by atoms with Crippen molar-refractivity contribution in [3.8, 4) is 0 Å². The Balaban J connectivity index is 2.35. The second kappa shape index (κ2) is 5.73. The van der Waals surface area contributed by atoms with Gasteiger partial charge in [0.05, 0.1) is 11.0 Å². The van der Waals surface area contributed by atoms with Gasteiger partial charge in [0.25, 0.3) is 0 Å². The Bertz CT molecular complexity index is 307. The predicted octanol–water partition coefficient (Wildman–Crippen LogP) is 3.86. The third kappa shape index (κ3) is 3.98. The van der Waals surface area contributed by atoms with Gasteiger partial charge in [-0.25, -0.2) is 0 Å². The highest BCUT2D eigenvalue weighted by molar-refractivity contribution is 9.13. The summed E-state index contributed by atoms with van der Waals surface area (Å²) >= 11 is 6.66. The summed E-state index contributed by atoms with van der Waals surface area (Å²) in [5, 5.41) is 3.26. The first-order valence-electron chi connectivity index (χ1n) is 4.37. The van der Waals surface area contributed by atoms with Crippen LogP contribution in [0.3, 0.4) is 0 Å². The lowest BCUT2D eigenvalue weighted by atomic mass is 10.3. The zero-order valence-electron chi connectivity index (χ0n) is 8.23. The first-order chi connectivity index (χ1) is 6.59. The molecule has 2 nitrogen and oxygen atoms in total. The second-order valence-electron chi connectivity index (χ2n) is 3.25. The van der Waals surface area contributed by atoms with Gasteiger partial charge in [0, 0.05) is 6.54 Å². The van der Waals surface area contributed by atoms with Crippen molar-refractivity contribution in [2.75, 3.05) is 6.54 Å². The van der Waals surface area contributed by atoms with E-state index < -0.39 is 0 Å². The van der Waals surface area contributed by atoms with Gasteiger partial charge in [0.1, 0.15) is 5.76 Å². The fourth-order valence-corrected chi connectivity index (χ4v) is 1.61. The molecule has 0 aromatic carbocycles. The van der Waals surface area contributed by atoms with E-state index in [0.29, 0.717) is 0 Å². The van der Waals surface area contributed by atoms with Crippen molar-refractivity contribution in [3.05, 3.63) is 32.6 Å². The van der Waals surface area contributed by atoms with E-state index in [1.165, 1.54) is 5.57 Å². The molecule has 0 spiro atoms. The number of nitrogens with one attached hydrogen (secondary N) is 1. The monoisotopic (exact) mass is 321 g/mol. The van der Waals surface area contributed by atoms with Crippen LogP contribution < -0.4 is 5.32 Å². The molecule has 78 valence electrons. The summed E-state index contributed by atoms with van der Waals surface area (Å²) < 4.78 is 7.11. The Hall–Kier alpha value is -0.0600. The third-order valence-electron chi connectivity index (χ3n) is 1.65. The van der Waals surface area contributed by atoms with Crippen LogP contribution in [0.25, 0.3) is 0 Å². The maximum atomic E-state index is 5.41. The molecule has 0 saturated carbocycles. The molecule has 0 fully saturated rings. The Labute approximate surface area is 101 Å². The van der Waals surface area contributed by atoms with Gasteiger partial charge in [-0.05, 0) is 51.8 Å². The van der Waals surface area contributed by atoms with Crippen LogP contribution in [-0.4, -0.2) is 6.54 Å². The van der Waals surface area contributed by atoms with Gasteiger partial charge >= 0.3 is 0 Å². The lowest BCUT2D eigenvalue weighted by molar-refractivity contribution is 0.470. The Morgan fingerprint density at radius 3 is 2.71 bits per heavy atom. The van der Waals surface area contributed by atoms with E-state index in [1.54, 1.807) is 0 Å². The van der Waals surface area contributed by atoms with Crippen molar-refractivity contribution in [2.24, 2.45) is 0 Å². The third-order valence-corrected chi connectivity index (χ3v) is 3.36. The van der Waals surface area contributed by atoms with Crippen molar-refractivity contribution in [1.82, 2.24) is 5.32 Å². The summed E-state index contributed by atoms with van der Waals surface area (Å²) in [4.78, 5) is 0. The SMILES string of the molecule is CC(C)=CCNCc1cc(Br)c(Br)o1. The second-order valence-corrected chi connectivity index (χ2v) is 4.82. The molecular weight excluding hydrogens is 310 g/mol. The van der Waals surface area contributed by atoms with Crippen LogP contribution in [0, 0.1) is 0 Å². The molecule has 0 aliphatic heterocycles. The van der Waals surface area contributed by atoms with Gasteiger partial charge < -0.3 is 9.73 Å². The Kier molecular flexibility index (Phi) is 4.92. The molecule has 4 heteroatoms. The summed E-state index contributed by atoms with van der Waals surface area (Å²) in [5.41, 5.74) is 1.32. The minimum Gasteiger partial charge on any atom is -0.452 e. The van der Waals surface area contributed by atoms with E-state index >= 15 is 0 Å². The highest BCUT2D eigenvalue weighted by Crippen LogP contribution is 2.26. The Morgan fingerprint density at radius 1 is 1.50 bits per heavy atom. The average Bonchev–Trinajstić information content (AvgIpc) is 2.40. The fraction of sp³-hybridized carbons (Fsp3) is 0.400. The maximum absolute atomic E-state index is 5.41. The van der Waals surface area contributed by atoms with Crippen molar-refractivity contribution in [2.45, 2.75) is 20.4 Å². The molecular formula is C10H13Br2NO. The van der Waals surface area contributed by atoms with Crippen LogP contribution in [0.5, 0.6) is 0 Å². The van der Waals surface area contributed by atoms with E-state index in [-0.39, 0.29) is 0 Å². The summed E-state index contributed by atoms with van der Waals surface area (Å²) in [5.74, 6) is 0.922. The molecule has 0 amide bonds. The van der Waals surface area contributed by atoms with Gasteiger partial charge in [-0.1, -0.05) is 11.6 Å². The highest BCUT2D eigenvalue weighted by atomic mass is 79.9. The number of furan rings is 1. The largest absolute Gasteiger partial charge is 0.452 e. The molecule has 1 rings (SSSR count). The molecule has 0 aliphatic carbocycles. The van der Waals surface area contributed by atoms with Gasteiger partial charge in [-0.3, -0.25) is 0 Å². The first kappa shape index (κ1) is 12.0. The molecule has 1 N–H and O–H groups in total. The lowest BCUT2D eigenvalue weighted by Gasteiger charge is -1.97. The van der Waals surface area contributed by atoms with Crippen molar-refractivity contribution >= 4 is 31.9 Å². The smallest absolute Gasteiger partial charge is 0.183 e. The fourth-order valence-electron chi connectivity index (χ4n) is 0.950. The van der Waals surface area contributed by atoms with E-state index in [1.807, 2.05) is 6.07 Å². The molecule has 1 aromatic heterocycles. The zero-order valence-corrected chi connectivity index (χ0v) is 11.4. The topological polar surface area (TPSA) is 25.2 Å². The van der Waals surface area contributed by atoms with E-state index in [4.69, 9.17) is 4.42 Å². The lowest BCUT2D eigenvalue weighted by Crippen LogP contribution is -2.12. The minimum absolute atomic E-state index is 0.744. The molecule has 0 saturated heterocycles. The van der Waals surface area contributed by atoms with Crippen LogP contribution in [0.15, 0.2) is 31.3 Å². The summed E-state index contributed by atoms with van der Waals surface area (Å²) in [6.45, 7) is 5.79. The number of halogens is 2. The van der Waals surface area contributed by atoms with Crippen molar-refractivity contribution in [3.63, 3.8) is 0 Å². The van der Waals surface area contributed by atoms with Gasteiger partial charge in [-0.15, -0.1) is 0 Å². The molecule has 0 aliphatic rings. The zero-order chi connectivity index (χ0) is 10.6. The summed E-state index contributed by atoms with van der Waals surface area (Å²) in [7, 11) is 0. The quantitative estimate of drug-likeness (QED) is 0.672. The van der Waals surface area contributed by atoms with E-state index in [9.17, 15) is 0 Å². The van der Waals surface area contributed by atoms with Crippen LogP contribution in [0.2, 0.25) is 0 Å². The molecule has 0 radical (unpaired) electrons. The van der Waals surface area contributed by atoms with Gasteiger partial charge in [0.2, 0.25) is 0 Å². The van der Waals surface area contributed by atoms with Gasteiger partial charge in [0.15, 0.2) is 4.67 Å². The van der Waals surface area contributed by atoms with E-state index in [2.05, 4.69) is 57.1 Å². The number of allylic oxidation sites excluding steroid dienone is 1. The van der Waals surface area contributed by atoms with Crippen LogP contribution in [-0.2, 0) is 6.54 Å².